The molecule has 0 unspecified atom stereocenters. The molecule has 1 aromatic carbocycles. The zero-order valence-electron chi connectivity index (χ0n) is 11.1. The first-order valence-electron chi connectivity index (χ1n) is 6.17. The average molecular weight is 291 g/mol. The summed E-state index contributed by atoms with van der Waals surface area (Å²) in [5.74, 6) is 1.04. The van der Waals surface area contributed by atoms with E-state index in [9.17, 15) is 0 Å². The summed E-state index contributed by atoms with van der Waals surface area (Å²) in [7, 11) is 0. The van der Waals surface area contributed by atoms with Gasteiger partial charge in [-0.2, -0.15) is 0 Å². The molecule has 0 aliphatic heterocycles. The number of rotatable bonds is 5. The summed E-state index contributed by atoms with van der Waals surface area (Å²) in [6.07, 6.45) is 1.79. The fourth-order valence-electron chi connectivity index (χ4n) is 1.71. The number of benzene rings is 1. The van der Waals surface area contributed by atoms with Crippen molar-refractivity contribution < 1.29 is 0 Å². The first-order valence-corrected chi connectivity index (χ1v) is 7.97. The largest absolute Gasteiger partial charge is 0.326 e. The Morgan fingerprint density at radius 1 is 1.21 bits per heavy atom. The quantitative estimate of drug-likeness (QED) is 0.675. The molecule has 0 bridgehead atoms. The van der Waals surface area contributed by atoms with Crippen LogP contribution in [0.25, 0.3) is 0 Å². The van der Waals surface area contributed by atoms with Crippen LogP contribution in [0.1, 0.15) is 18.2 Å². The lowest BCUT2D eigenvalue weighted by atomic mass is 10.2. The summed E-state index contributed by atoms with van der Waals surface area (Å²) < 4.78 is 0. The molecule has 0 radical (unpaired) electrons. The van der Waals surface area contributed by atoms with Gasteiger partial charge in [0.2, 0.25) is 0 Å². The fraction of sp³-hybridized carbons (Fsp3) is 0.286. The minimum absolute atomic E-state index is 0.539. The number of thioether (sulfide) groups is 1. The molecule has 0 aliphatic rings. The molecule has 1 aromatic heterocycles. The number of hydrogen-bond donors (Lipinski definition) is 1. The Kier molecular flexibility index (Phi) is 5.24. The molecule has 0 atom stereocenters. The third-order valence-electron chi connectivity index (χ3n) is 2.57. The van der Waals surface area contributed by atoms with Gasteiger partial charge in [-0.05, 0) is 48.2 Å². The standard InChI is InChI=1S/C14H17N3S2/c1-3-18-12-5-4-6-13(11(12)9-15)19-14-16-8-7-10(2)17-14/h4-8H,3,9,15H2,1-2H3. The summed E-state index contributed by atoms with van der Waals surface area (Å²) in [5.41, 5.74) is 8.06. The number of aryl methyl sites for hydroxylation is 1. The van der Waals surface area contributed by atoms with E-state index in [0.29, 0.717) is 6.54 Å². The van der Waals surface area contributed by atoms with Crippen LogP contribution in [0.3, 0.4) is 0 Å². The first kappa shape index (κ1) is 14.4. The molecule has 19 heavy (non-hydrogen) atoms. The summed E-state index contributed by atoms with van der Waals surface area (Å²) in [5, 5.41) is 0.772. The van der Waals surface area contributed by atoms with Gasteiger partial charge in [-0.1, -0.05) is 13.0 Å². The molecular formula is C14H17N3S2. The molecule has 0 aliphatic carbocycles. The Morgan fingerprint density at radius 2 is 2.00 bits per heavy atom. The molecule has 0 fully saturated rings. The topological polar surface area (TPSA) is 51.8 Å². The number of aromatic nitrogens is 2. The second-order valence-corrected chi connectivity index (χ2v) is 6.27. The third-order valence-corrected chi connectivity index (χ3v) is 4.53. The second-order valence-electron chi connectivity index (χ2n) is 3.95. The molecule has 100 valence electrons. The van der Waals surface area contributed by atoms with Crippen LogP contribution >= 0.6 is 23.5 Å². The summed E-state index contributed by atoms with van der Waals surface area (Å²) in [6, 6.07) is 8.17. The Labute approximate surface area is 122 Å². The van der Waals surface area contributed by atoms with E-state index in [1.54, 1.807) is 18.0 Å². The van der Waals surface area contributed by atoms with Gasteiger partial charge in [-0.15, -0.1) is 11.8 Å². The van der Waals surface area contributed by atoms with Crippen LogP contribution in [0.5, 0.6) is 0 Å². The average Bonchev–Trinajstić information content (AvgIpc) is 2.39. The maximum atomic E-state index is 5.90. The lowest BCUT2D eigenvalue weighted by Crippen LogP contribution is -2.01. The minimum atomic E-state index is 0.539. The first-order chi connectivity index (χ1) is 9.24. The maximum absolute atomic E-state index is 5.90. The van der Waals surface area contributed by atoms with Gasteiger partial charge in [-0.3, -0.25) is 0 Å². The van der Waals surface area contributed by atoms with Crippen LogP contribution < -0.4 is 5.73 Å². The predicted molar refractivity (Wildman–Crippen MR) is 81.6 cm³/mol. The van der Waals surface area contributed by atoms with Crippen molar-refractivity contribution in [3.05, 3.63) is 41.7 Å². The molecule has 1 heterocycles. The highest BCUT2D eigenvalue weighted by atomic mass is 32.2. The van der Waals surface area contributed by atoms with Crippen molar-refractivity contribution in [1.29, 1.82) is 0 Å². The zero-order chi connectivity index (χ0) is 13.7. The van der Waals surface area contributed by atoms with Gasteiger partial charge >= 0.3 is 0 Å². The van der Waals surface area contributed by atoms with Gasteiger partial charge in [0.05, 0.1) is 0 Å². The second kappa shape index (κ2) is 6.93. The Balaban J connectivity index is 2.31. The normalized spacial score (nSPS) is 10.7. The third kappa shape index (κ3) is 3.72. The summed E-state index contributed by atoms with van der Waals surface area (Å²) >= 11 is 3.40. The van der Waals surface area contributed by atoms with Crippen molar-refractivity contribution in [1.82, 2.24) is 9.97 Å². The van der Waals surface area contributed by atoms with Gasteiger partial charge in [0, 0.05) is 28.2 Å². The van der Waals surface area contributed by atoms with E-state index in [0.717, 1.165) is 21.5 Å². The van der Waals surface area contributed by atoms with Crippen LogP contribution in [-0.4, -0.2) is 15.7 Å². The van der Waals surface area contributed by atoms with Gasteiger partial charge in [0.15, 0.2) is 5.16 Å². The molecule has 2 aromatic rings. The Morgan fingerprint density at radius 3 is 2.68 bits per heavy atom. The summed E-state index contributed by atoms with van der Waals surface area (Å²) in [4.78, 5) is 11.1. The highest BCUT2D eigenvalue weighted by molar-refractivity contribution is 8.00. The molecule has 0 spiro atoms. The van der Waals surface area contributed by atoms with Gasteiger partial charge in [0.25, 0.3) is 0 Å². The lowest BCUT2D eigenvalue weighted by Gasteiger charge is -2.11. The van der Waals surface area contributed by atoms with Crippen molar-refractivity contribution in [2.24, 2.45) is 5.73 Å². The zero-order valence-corrected chi connectivity index (χ0v) is 12.7. The van der Waals surface area contributed by atoms with Crippen molar-refractivity contribution in [3.63, 3.8) is 0 Å². The van der Waals surface area contributed by atoms with Crippen molar-refractivity contribution in [3.8, 4) is 0 Å². The van der Waals surface area contributed by atoms with Gasteiger partial charge in [0.1, 0.15) is 0 Å². The van der Waals surface area contributed by atoms with Crippen LogP contribution in [0.15, 0.2) is 45.4 Å². The van der Waals surface area contributed by atoms with Crippen molar-refractivity contribution in [2.45, 2.75) is 35.3 Å². The maximum Gasteiger partial charge on any atom is 0.192 e. The van der Waals surface area contributed by atoms with Crippen LogP contribution in [-0.2, 0) is 6.54 Å². The molecule has 0 saturated heterocycles. The van der Waals surface area contributed by atoms with Crippen LogP contribution in [0.4, 0.5) is 0 Å². The highest BCUT2D eigenvalue weighted by Crippen LogP contribution is 2.33. The minimum Gasteiger partial charge on any atom is -0.326 e. The monoisotopic (exact) mass is 291 g/mol. The van der Waals surface area contributed by atoms with Crippen LogP contribution in [0.2, 0.25) is 0 Å². The highest BCUT2D eigenvalue weighted by Gasteiger charge is 2.09. The molecule has 3 nitrogen and oxygen atoms in total. The molecule has 0 saturated carbocycles. The SMILES string of the molecule is CCSc1cccc(Sc2nccc(C)n2)c1CN. The van der Waals surface area contributed by atoms with Gasteiger partial charge < -0.3 is 5.73 Å². The molecular weight excluding hydrogens is 274 g/mol. The predicted octanol–water partition coefficient (Wildman–Crippen LogP) is 3.51. The van der Waals surface area contributed by atoms with Crippen LogP contribution in [0, 0.1) is 6.92 Å². The van der Waals surface area contributed by atoms with E-state index >= 15 is 0 Å². The van der Waals surface area contributed by atoms with Crippen molar-refractivity contribution in [2.75, 3.05) is 5.75 Å². The molecule has 5 heteroatoms. The van der Waals surface area contributed by atoms with E-state index in [1.165, 1.54) is 10.5 Å². The number of nitrogens with two attached hydrogens (primary N) is 1. The molecule has 0 amide bonds. The molecule has 2 rings (SSSR count). The number of hydrogen-bond acceptors (Lipinski definition) is 5. The van der Waals surface area contributed by atoms with E-state index in [-0.39, 0.29) is 0 Å². The fourth-order valence-corrected chi connectivity index (χ4v) is 3.59. The number of nitrogens with zero attached hydrogens (tertiary/aromatic N) is 2. The van der Waals surface area contributed by atoms with E-state index < -0.39 is 0 Å². The van der Waals surface area contributed by atoms with Gasteiger partial charge in [-0.25, -0.2) is 9.97 Å². The smallest absolute Gasteiger partial charge is 0.192 e. The molecule has 2 N–H and O–H groups in total. The lowest BCUT2D eigenvalue weighted by molar-refractivity contribution is 0.924. The summed E-state index contributed by atoms with van der Waals surface area (Å²) in [6.45, 7) is 4.66. The van der Waals surface area contributed by atoms with Crippen molar-refractivity contribution >= 4 is 23.5 Å². The van der Waals surface area contributed by atoms with E-state index in [4.69, 9.17) is 5.73 Å². The Bertz CT molecular complexity index is 558. The van der Waals surface area contributed by atoms with E-state index in [1.807, 2.05) is 24.8 Å². The Hall–Kier alpha value is -1.04. The van der Waals surface area contributed by atoms with E-state index in [2.05, 4.69) is 35.1 Å².